The van der Waals surface area contributed by atoms with Gasteiger partial charge in [0, 0.05) is 30.8 Å². The third-order valence-electron chi connectivity index (χ3n) is 9.97. The lowest BCUT2D eigenvalue weighted by atomic mass is 9.55. The molecule has 0 aliphatic heterocycles. The van der Waals surface area contributed by atoms with Gasteiger partial charge in [-0.1, -0.05) is 24.3 Å². The number of allylic oxidation sites excluding steroid dienone is 2. The second-order valence-corrected chi connectivity index (χ2v) is 13.1. The van der Waals surface area contributed by atoms with E-state index >= 15 is 0 Å². The molecule has 0 spiro atoms. The van der Waals surface area contributed by atoms with Crippen molar-refractivity contribution in [1.29, 1.82) is 0 Å². The topological polar surface area (TPSA) is 264 Å². The van der Waals surface area contributed by atoms with Gasteiger partial charge >= 0.3 is 23.9 Å². The van der Waals surface area contributed by atoms with Crippen molar-refractivity contribution in [3.05, 3.63) is 94.6 Å². The minimum Gasteiger partial charge on any atom is -0.504 e. The quantitative estimate of drug-likeness (QED) is 0.0638. The lowest BCUT2D eigenvalue weighted by Crippen LogP contribution is -2.57. The number of phenolic OH excluding ortho intramolecular Hbond substituents is 6. The third kappa shape index (κ3) is 6.40. The van der Waals surface area contributed by atoms with Gasteiger partial charge in [-0.15, -0.1) is 0 Å². The number of ether oxygens (including phenoxy) is 4. The molecule has 3 aromatic carbocycles. The first kappa shape index (κ1) is 37.2. The molecule has 0 amide bonds. The summed E-state index contributed by atoms with van der Waals surface area (Å²) < 4.78 is 20.6. The first-order chi connectivity index (χ1) is 25.6. The highest BCUT2D eigenvalue weighted by atomic mass is 16.6. The minimum atomic E-state index is -2.26. The Morgan fingerprint density at radius 3 is 1.80 bits per heavy atom. The Kier molecular flexibility index (Phi) is 9.73. The van der Waals surface area contributed by atoms with Crippen LogP contribution in [0.2, 0.25) is 0 Å². The predicted molar refractivity (Wildman–Crippen MR) is 180 cm³/mol. The van der Waals surface area contributed by atoms with Crippen LogP contribution >= 0.6 is 0 Å². The predicted octanol–water partition coefficient (Wildman–Crippen LogP) is 1.79. The SMILES string of the molecule is COC(=O)C(Cc1ccc(O)c(O)c1)OC(=O)/C=C\C1=CC2C3c4cc(O)c(O)cc4[C@@]2(O)C(=O)C1C3C(=O)OC(Cc1ccc(O)c(O)c1)C(=O)OC. The van der Waals surface area contributed by atoms with Gasteiger partial charge in [-0.25, -0.2) is 14.4 Å². The highest BCUT2D eigenvalue weighted by Crippen LogP contribution is 2.65. The number of Topliss-reactive ketones (excluding diaryl/α,β-unsaturated/α-hetero) is 1. The number of hydrogen-bond acceptors (Lipinski definition) is 16. The number of rotatable bonds is 11. The van der Waals surface area contributed by atoms with E-state index in [2.05, 4.69) is 0 Å². The number of carbonyl (C=O) groups excluding carboxylic acids is 5. The Hall–Kier alpha value is -6.55. The van der Waals surface area contributed by atoms with Crippen molar-refractivity contribution >= 4 is 29.7 Å². The van der Waals surface area contributed by atoms with E-state index < -0.39 is 106 Å². The largest absolute Gasteiger partial charge is 0.504 e. The Bertz CT molecular complexity index is 2130. The molecule has 16 nitrogen and oxygen atoms in total. The van der Waals surface area contributed by atoms with E-state index in [9.17, 15) is 59.7 Å². The van der Waals surface area contributed by atoms with Gasteiger partial charge in [0.25, 0.3) is 0 Å². The molecule has 1 saturated carbocycles. The fourth-order valence-corrected chi connectivity index (χ4v) is 7.48. The number of esters is 4. The van der Waals surface area contributed by atoms with Crippen LogP contribution in [0.3, 0.4) is 0 Å². The van der Waals surface area contributed by atoms with Crippen molar-refractivity contribution < 1.29 is 78.7 Å². The number of aliphatic hydroxyl groups is 1. The van der Waals surface area contributed by atoms with Crippen molar-refractivity contribution in [1.82, 2.24) is 0 Å². The molecule has 4 aliphatic rings. The van der Waals surface area contributed by atoms with Gasteiger partial charge in [-0.05, 0) is 64.2 Å². The summed E-state index contributed by atoms with van der Waals surface area (Å²) >= 11 is 0. The maximum atomic E-state index is 14.3. The summed E-state index contributed by atoms with van der Waals surface area (Å²) in [6.45, 7) is 0. The molecule has 3 aromatic rings. The summed E-state index contributed by atoms with van der Waals surface area (Å²) in [7, 11) is 2.12. The molecule has 54 heavy (non-hydrogen) atoms. The number of benzene rings is 3. The molecular formula is C38H34O16. The zero-order chi connectivity index (χ0) is 39.2. The maximum absolute atomic E-state index is 14.3. The van der Waals surface area contributed by atoms with Crippen LogP contribution in [0, 0.1) is 17.8 Å². The Balaban J connectivity index is 1.32. The number of carbonyl (C=O) groups is 5. The molecule has 0 saturated heterocycles. The molecule has 0 aromatic heterocycles. The molecule has 0 radical (unpaired) electrons. The molecule has 6 unspecified atom stereocenters. The van der Waals surface area contributed by atoms with Gasteiger partial charge in [0.05, 0.1) is 26.1 Å². The van der Waals surface area contributed by atoms with E-state index in [4.69, 9.17) is 18.9 Å². The number of phenols is 6. The summed E-state index contributed by atoms with van der Waals surface area (Å²) in [6, 6.07) is 9.57. The van der Waals surface area contributed by atoms with Crippen LogP contribution in [0.15, 0.2) is 72.3 Å². The third-order valence-corrected chi connectivity index (χ3v) is 9.97. The normalized spacial score (nSPS) is 23.2. The van der Waals surface area contributed by atoms with E-state index in [-0.39, 0.29) is 35.1 Å². The number of methoxy groups -OCH3 is 2. The highest BCUT2D eigenvalue weighted by molar-refractivity contribution is 6.03. The summed E-state index contributed by atoms with van der Waals surface area (Å²) in [4.78, 5) is 66.8. The molecule has 7 atom stereocenters. The van der Waals surface area contributed by atoms with Gasteiger partial charge in [0.2, 0.25) is 12.2 Å². The zero-order valence-electron chi connectivity index (χ0n) is 28.5. The summed E-state index contributed by atoms with van der Waals surface area (Å²) in [5, 5.41) is 71.7. The van der Waals surface area contributed by atoms with Crippen LogP contribution in [-0.4, -0.2) is 91.8 Å². The number of fused-ring (bicyclic) bond motifs is 1. The average molecular weight is 747 g/mol. The Morgan fingerprint density at radius 2 is 1.26 bits per heavy atom. The average Bonchev–Trinajstić information content (AvgIpc) is 3.34. The summed E-state index contributed by atoms with van der Waals surface area (Å²) in [6.07, 6.45) is -0.174. The summed E-state index contributed by atoms with van der Waals surface area (Å²) in [5.41, 5.74) is -1.51. The van der Waals surface area contributed by atoms with Gasteiger partial charge < -0.3 is 54.7 Å². The van der Waals surface area contributed by atoms with Crippen LogP contribution in [0.1, 0.15) is 28.2 Å². The fourth-order valence-electron chi connectivity index (χ4n) is 7.48. The molecule has 282 valence electrons. The van der Waals surface area contributed by atoms with Gasteiger partial charge in [0.15, 0.2) is 45.9 Å². The van der Waals surface area contributed by atoms with Crippen molar-refractivity contribution in [2.24, 2.45) is 17.8 Å². The monoisotopic (exact) mass is 746 g/mol. The van der Waals surface area contributed by atoms with Crippen LogP contribution in [0.25, 0.3) is 0 Å². The number of hydrogen-bond donors (Lipinski definition) is 7. The molecule has 0 heterocycles. The second-order valence-electron chi connectivity index (χ2n) is 13.1. The number of ketones is 1. The van der Waals surface area contributed by atoms with Crippen molar-refractivity contribution in [2.75, 3.05) is 14.2 Å². The van der Waals surface area contributed by atoms with Crippen LogP contribution < -0.4 is 0 Å². The molecule has 4 bridgehead atoms. The van der Waals surface area contributed by atoms with Crippen LogP contribution in [0.5, 0.6) is 34.5 Å². The fraction of sp³-hybridized carbons (Fsp3) is 0.289. The maximum Gasteiger partial charge on any atom is 0.347 e. The smallest absolute Gasteiger partial charge is 0.347 e. The molecule has 16 heteroatoms. The van der Waals surface area contributed by atoms with Gasteiger partial charge in [0.1, 0.15) is 0 Å². The molecule has 4 aliphatic carbocycles. The lowest BCUT2D eigenvalue weighted by molar-refractivity contribution is -0.177. The van der Waals surface area contributed by atoms with E-state index in [0.717, 1.165) is 50.6 Å². The first-order valence-corrected chi connectivity index (χ1v) is 16.4. The Morgan fingerprint density at radius 1 is 0.741 bits per heavy atom. The molecule has 1 fully saturated rings. The van der Waals surface area contributed by atoms with Crippen molar-refractivity contribution in [3.63, 3.8) is 0 Å². The van der Waals surface area contributed by atoms with Crippen molar-refractivity contribution in [3.8, 4) is 34.5 Å². The Labute approximate surface area is 305 Å². The molecular weight excluding hydrogens is 712 g/mol. The molecule has 7 rings (SSSR count). The molecule has 7 N–H and O–H groups in total. The van der Waals surface area contributed by atoms with E-state index in [0.29, 0.717) is 5.56 Å². The van der Waals surface area contributed by atoms with E-state index in [1.807, 2.05) is 0 Å². The first-order valence-electron chi connectivity index (χ1n) is 16.4. The number of aromatic hydroxyl groups is 6. The van der Waals surface area contributed by atoms with E-state index in [1.165, 1.54) is 30.3 Å². The van der Waals surface area contributed by atoms with Crippen LogP contribution in [0.4, 0.5) is 0 Å². The van der Waals surface area contributed by atoms with Gasteiger partial charge in [-0.2, -0.15) is 0 Å². The minimum absolute atomic E-state index is 0.0536. The lowest BCUT2D eigenvalue weighted by Gasteiger charge is -2.48. The summed E-state index contributed by atoms with van der Waals surface area (Å²) in [5.74, 6) is -13.2. The van der Waals surface area contributed by atoms with Crippen LogP contribution in [-0.2, 0) is 61.4 Å². The highest BCUT2D eigenvalue weighted by Gasteiger charge is 2.69. The van der Waals surface area contributed by atoms with E-state index in [1.54, 1.807) is 0 Å². The zero-order valence-corrected chi connectivity index (χ0v) is 28.5. The second kappa shape index (κ2) is 14.1. The standard InChI is InChI=1S/C38H34O16/c1-51-35(47)28(11-16-3-6-22(39)24(41)9-16)53-30(45)8-5-18-13-21-32-19-14-26(43)27(44)15-20(19)38(21,50)34(46)31(18)33(32)37(49)54-29(36(48)52-2)12-17-4-7-23(40)25(42)10-17/h3-10,13-15,21,28-29,31-33,39-44,50H,11-12H2,1-2H3/b8-5-/t21?,28?,29?,31?,32?,33?,38-/m0/s1. The van der Waals surface area contributed by atoms with Crippen molar-refractivity contribution in [2.45, 2.75) is 36.6 Å². The van der Waals surface area contributed by atoms with Gasteiger partial charge in [-0.3, -0.25) is 9.59 Å².